The van der Waals surface area contributed by atoms with E-state index in [-0.39, 0.29) is 11.1 Å². The molecule has 8 heteroatoms. The van der Waals surface area contributed by atoms with E-state index < -0.39 is 11.9 Å². The van der Waals surface area contributed by atoms with Gasteiger partial charge >= 0.3 is 11.9 Å². The van der Waals surface area contributed by atoms with Gasteiger partial charge in [-0.15, -0.1) is 0 Å². The molecule has 0 unspecified atom stereocenters. The fraction of sp³-hybridized carbons (Fsp3) is 0. The van der Waals surface area contributed by atoms with Gasteiger partial charge in [0.1, 0.15) is 11.5 Å². The Morgan fingerprint density at radius 3 is 2.43 bits per heavy atom. The van der Waals surface area contributed by atoms with Gasteiger partial charge < -0.3 is 15.5 Å². The van der Waals surface area contributed by atoms with Crippen LogP contribution in [0.4, 0.5) is 11.5 Å². The van der Waals surface area contributed by atoms with Gasteiger partial charge in [0.25, 0.3) is 0 Å². The second kappa shape index (κ2) is 6.84. The number of fused-ring (bicyclic) bond motifs is 1. The Hall–Kier alpha value is -4.20. The number of nitrogens with one attached hydrogen (secondary N) is 1. The molecule has 0 saturated heterocycles. The van der Waals surface area contributed by atoms with E-state index in [1.54, 1.807) is 47.3 Å². The summed E-state index contributed by atoms with van der Waals surface area (Å²) < 4.78 is 1.79. The summed E-state index contributed by atoms with van der Waals surface area (Å²) in [7, 11) is 0. The summed E-state index contributed by atoms with van der Waals surface area (Å²) in [6.07, 6.45) is 4.96. The van der Waals surface area contributed by atoms with Crippen molar-refractivity contribution < 1.29 is 19.8 Å². The maximum Gasteiger partial charge on any atom is 0.335 e. The molecule has 0 bridgehead atoms. The third-order valence-electron chi connectivity index (χ3n) is 4.21. The number of carboxylic acids is 2. The number of hydrogen-bond acceptors (Lipinski definition) is 5. The second-order valence-electron chi connectivity index (χ2n) is 6.01. The van der Waals surface area contributed by atoms with Gasteiger partial charge in [-0.3, -0.25) is 9.38 Å². The lowest BCUT2D eigenvalue weighted by Gasteiger charge is -2.10. The normalized spacial score (nSPS) is 10.7. The van der Waals surface area contributed by atoms with Crippen LogP contribution in [0.25, 0.3) is 16.9 Å². The first-order valence-corrected chi connectivity index (χ1v) is 8.29. The number of carboxylic acid groups (broad SMARTS) is 2. The molecule has 3 N–H and O–H groups in total. The Labute approximate surface area is 158 Å². The topological polar surface area (TPSA) is 117 Å². The fourth-order valence-electron chi connectivity index (χ4n) is 2.86. The van der Waals surface area contributed by atoms with Gasteiger partial charge in [0.15, 0.2) is 5.65 Å². The first-order valence-electron chi connectivity index (χ1n) is 8.29. The van der Waals surface area contributed by atoms with Gasteiger partial charge in [-0.2, -0.15) is 0 Å². The number of aromatic nitrogens is 3. The zero-order valence-corrected chi connectivity index (χ0v) is 14.4. The Morgan fingerprint density at radius 1 is 0.964 bits per heavy atom. The molecule has 4 aromatic rings. The molecule has 0 spiro atoms. The third kappa shape index (κ3) is 3.14. The third-order valence-corrected chi connectivity index (χ3v) is 4.21. The zero-order chi connectivity index (χ0) is 19.7. The summed E-state index contributed by atoms with van der Waals surface area (Å²) in [6, 6.07) is 12.8. The van der Waals surface area contributed by atoms with Crippen molar-refractivity contribution in [2.75, 3.05) is 5.32 Å². The predicted molar refractivity (Wildman–Crippen MR) is 102 cm³/mol. The summed E-state index contributed by atoms with van der Waals surface area (Å²) in [5.41, 5.74) is 2.82. The number of aromatic carboxylic acids is 2. The van der Waals surface area contributed by atoms with Crippen LogP contribution >= 0.6 is 0 Å². The smallest absolute Gasteiger partial charge is 0.335 e. The molecule has 0 fully saturated rings. The van der Waals surface area contributed by atoms with Crippen LogP contribution in [0.1, 0.15) is 20.7 Å². The fourth-order valence-corrected chi connectivity index (χ4v) is 2.86. The molecule has 0 atom stereocenters. The first-order chi connectivity index (χ1) is 13.5. The van der Waals surface area contributed by atoms with Crippen molar-refractivity contribution in [2.45, 2.75) is 0 Å². The van der Waals surface area contributed by atoms with Crippen LogP contribution < -0.4 is 5.32 Å². The number of imidazole rings is 1. The summed E-state index contributed by atoms with van der Waals surface area (Å²) in [5.74, 6) is -1.41. The molecule has 0 amide bonds. The van der Waals surface area contributed by atoms with E-state index in [0.717, 1.165) is 0 Å². The highest BCUT2D eigenvalue weighted by Crippen LogP contribution is 2.31. The summed E-state index contributed by atoms with van der Waals surface area (Å²) in [6.45, 7) is 0. The van der Waals surface area contributed by atoms with Crippen LogP contribution in [0.2, 0.25) is 0 Å². The lowest BCUT2D eigenvalue weighted by molar-refractivity contribution is 0.0686. The minimum atomic E-state index is -1.02. The van der Waals surface area contributed by atoms with Crippen LogP contribution in [0.3, 0.4) is 0 Å². The van der Waals surface area contributed by atoms with E-state index in [4.69, 9.17) is 5.11 Å². The summed E-state index contributed by atoms with van der Waals surface area (Å²) >= 11 is 0. The average Bonchev–Trinajstić information content (AvgIpc) is 3.07. The van der Waals surface area contributed by atoms with Crippen LogP contribution in [-0.4, -0.2) is 36.5 Å². The molecule has 0 aliphatic carbocycles. The van der Waals surface area contributed by atoms with Crippen molar-refractivity contribution in [1.29, 1.82) is 0 Å². The van der Waals surface area contributed by atoms with Crippen LogP contribution in [0.5, 0.6) is 0 Å². The second-order valence-corrected chi connectivity index (χ2v) is 6.01. The van der Waals surface area contributed by atoms with E-state index in [1.807, 2.05) is 0 Å². The van der Waals surface area contributed by atoms with Crippen LogP contribution in [0.15, 0.2) is 67.1 Å². The summed E-state index contributed by atoms with van der Waals surface area (Å²) in [4.78, 5) is 31.0. The van der Waals surface area contributed by atoms with Crippen molar-refractivity contribution in [2.24, 2.45) is 0 Å². The van der Waals surface area contributed by atoms with E-state index in [9.17, 15) is 14.7 Å². The van der Waals surface area contributed by atoms with E-state index in [0.29, 0.717) is 28.4 Å². The quantitative estimate of drug-likeness (QED) is 0.489. The van der Waals surface area contributed by atoms with Gasteiger partial charge in [-0.25, -0.2) is 14.6 Å². The van der Waals surface area contributed by atoms with Gasteiger partial charge in [-0.1, -0.05) is 18.2 Å². The molecule has 2 aromatic heterocycles. The molecule has 4 rings (SSSR count). The largest absolute Gasteiger partial charge is 0.478 e. The van der Waals surface area contributed by atoms with Crippen molar-refractivity contribution in [1.82, 2.24) is 14.4 Å². The first kappa shape index (κ1) is 17.2. The molecular weight excluding hydrogens is 360 g/mol. The van der Waals surface area contributed by atoms with Crippen LogP contribution in [-0.2, 0) is 0 Å². The number of carbonyl (C=O) groups is 2. The van der Waals surface area contributed by atoms with Crippen molar-refractivity contribution >= 4 is 29.1 Å². The van der Waals surface area contributed by atoms with Crippen molar-refractivity contribution in [3.63, 3.8) is 0 Å². The maximum atomic E-state index is 11.2. The molecule has 2 heterocycles. The molecule has 0 aliphatic rings. The SMILES string of the molecule is O=C(O)c1ccc(-c2nc3cnccn3c2Nc2cccc(C(=O)O)c2)cc1. The lowest BCUT2D eigenvalue weighted by atomic mass is 10.1. The number of nitrogens with zero attached hydrogens (tertiary/aromatic N) is 3. The molecular formula is C20H14N4O4. The molecule has 0 saturated carbocycles. The molecule has 2 aromatic carbocycles. The van der Waals surface area contributed by atoms with Gasteiger partial charge in [0.05, 0.1) is 17.3 Å². The number of anilines is 2. The number of hydrogen-bond donors (Lipinski definition) is 3. The number of rotatable bonds is 5. The van der Waals surface area contributed by atoms with Gasteiger partial charge in [0.2, 0.25) is 0 Å². The molecule has 0 aliphatic heterocycles. The predicted octanol–water partition coefficient (Wildman–Crippen LogP) is 3.54. The van der Waals surface area contributed by atoms with Gasteiger partial charge in [-0.05, 0) is 30.3 Å². The zero-order valence-electron chi connectivity index (χ0n) is 14.4. The summed E-state index contributed by atoms with van der Waals surface area (Å²) in [5, 5.41) is 21.5. The monoisotopic (exact) mass is 374 g/mol. The highest BCUT2D eigenvalue weighted by Gasteiger charge is 2.16. The standard InChI is InChI=1S/C20H14N4O4/c25-19(26)13-6-4-12(5-7-13)17-18(24-9-8-21-11-16(24)23-17)22-15-3-1-2-14(10-15)20(27)28/h1-11,22H,(H,25,26)(H,27,28). The van der Waals surface area contributed by atoms with Gasteiger partial charge in [0, 0.05) is 23.6 Å². The lowest BCUT2D eigenvalue weighted by Crippen LogP contribution is -2.00. The molecule has 8 nitrogen and oxygen atoms in total. The van der Waals surface area contributed by atoms with E-state index in [1.165, 1.54) is 24.3 Å². The minimum absolute atomic E-state index is 0.160. The molecule has 0 radical (unpaired) electrons. The minimum Gasteiger partial charge on any atom is -0.478 e. The Morgan fingerprint density at radius 2 is 1.71 bits per heavy atom. The molecule has 28 heavy (non-hydrogen) atoms. The van der Waals surface area contributed by atoms with Crippen LogP contribution in [0, 0.1) is 0 Å². The highest BCUT2D eigenvalue weighted by atomic mass is 16.4. The maximum absolute atomic E-state index is 11.2. The van der Waals surface area contributed by atoms with Crippen molar-refractivity contribution in [3.8, 4) is 11.3 Å². The highest BCUT2D eigenvalue weighted by molar-refractivity contribution is 5.90. The average molecular weight is 374 g/mol. The Bertz CT molecular complexity index is 1200. The van der Waals surface area contributed by atoms with E-state index >= 15 is 0 Å². The van der Waals surface area contributed by atoms with Crippen molar-refractivity contribution in [3.05, 3.63) is 78.2 Å². The molecule has 138 valence electrons. The number of benzene rings is 2. The Balaban J connectivity index is 1.83. The van der Waals surface area contributed by atoms with E-state index in [2.05, 4.69) is 15.3 Å². The Kier molecular flexibility index (Phi) is 4.21.